The van der Waals surface area contributed by atoms with E-state index in [0.29, 0.717) is 28.9 Å². The van der Waals surface area contributed by atoms with Crippen molar-refractivity contribution >= 4 is 17.5 Å². The molecule has 1 amide bonds. The van der Waals surface area contributed by atoms with Crippen molar-refractivity contribution in [3.63, 3.8) is 0 Å². The Balaban J connectivity index is 1.56. The van der Waals surface area contributed by atoms with Gasteiger partial charge in [-0.3, -0.25) is 9.69 Å². The molecule has 0 aliphatic carbocycles. The van der Waals surface area contributed by atoms with Crippen molar-refractivity contribution in [1.29, 1.82) is 0 Å². The minimum absolute atomic E-state index is 0.0943. The van der Waals surface area contributed by atoms with Gasteiger partial charge in [0.15, 0.2) is 0 Å². The maximum Gasteiger partial charge on any atom is 0.416 e. The topological polar surface area (TPSA) is 87.4 Å². The first kappa shape index (κ1) is 27.1. The van der Waals surface area contributed by atoms with Crippen LogP contribution < -0.4 is 11.1 Å². The van der Waals surface area contributed by atoms with E-state index in [0.717, 1.165) is 43.9 Å². The zero-order valence-electron chi connectivity index (χ0n) is 21.5. The van der Waals surface area contributed by atoms with Crippen LogP contribution in [-0.4, -0.2) is 58.9 Å². The summed E-state index contributed by atoms with van der Waals surface area (Å²) in [5.41, 5.74) is 8.35. The number of piperazine rings is 1. The van der Waals surface area contributed by atoms with Crippen LogP contribution in [-0.2, 0) is 12.7 Å². The largest absolute Gasteiger partial charge is 0.416 e. The second-order valence-electron chi connectivity index (χ2n) is 9.46. The summed E-state index contributed by atoms with van der Waals surface area (Å²) in [6, 6.07) is 8.69. The molecule has 3 N–H and O–H groups in total. The first-order valence-electron chi connectivity index (χ1n) is 12.1. The molecule has 0 unspecified atom stereocenters. The number of halogens is 3. The molecule has 1 saturated heterocycles. The highest BCUT2D eigenvalue weighted by molar-refractivity contribution is 6.04. The summed E-state index contributed by atoms with van der Waals surface area (Å²) in [7, 11) is 2.02. The van der Waals surface area contributed by atoms with E-state index in [1.807, 2.05) is 14.0 Å². The molecule has 0 spiro atoms. The number of nitrogens with zero attached hydrogens (tertiary/aromatic N) is 4. The number of alkyl halides is 3. The Kier molecular flexibility index (Phi) is 7.99. The number of nitrogens with two attached hydrogens (primary N) is 1. The molecule has 10 heteroatoms. The highest BCUT2D eigenvalue weighted by Gasteiger charge is 2.31. The van der Waals surface area contributed by atoms with Crippen molar-refractivity contribution < 1.29 is 18.0 Å². The van der Waals surface area contributed by atoms with Crippen LogP contribution in [0, 0.1) is 25.7 Å². The number of anilines is 2. The van der Waals surface area contributed by atoms with Crippen LogP contribution in [0.3, 0.4) is 0 Å². The van der Waals surface area contributed by atoms with Crippen molar-refractivity contribution in [1.82, 2.24) is 19.8 Å². The van der Waals surface area contributed by atoms with Gasteiger partial charge in [0.25, 0.3) is 5.91 Å². The molecule has 38 heavy (non-hydrogen) atoms. The first-order valence-corrected chi connectivity index (χ1v) is 12.1. The number of nitrogen functional groups attached to an aromatic ring is 1. The number of carbonyl (C=O) groups is 1. The fraction of sp³-hybridized carbons (Fsp3) is 0.321. The van der Waals surface area contributed by atoms with Gasteiger partial charge in [0.1, 0.15) is 0 Å². The molecule has 2 aromatic carbocycles. The van der Waals surface area contributed by atoms with E-state index in [2.05, 4.69) is 36.9 Å². The lowest BCUT2D eigenvalue weighted by molar-refractivity contribution is -0.137. The Morgan fingerprint density at radius 1 is 1.05 bits per heavy atom. The van der Waals surface area contributed by atoms with Crippen LogP contribution in [0.5, 0.6) is 0 Å². The van der Waals surface area contributed by atoms with Gasteiger partial charge in [0, 0.05) is 55.7 Å². The van der Waals surface area contributed by atoms with E-state index in [1.165, 1.54) is 6.20 Å². The van der Waals surface area contributed by atoms with Gasteiger partial charge in [0.2, 0.25) is 5.95 Å². The zero-order valence-corrected chi connectivity index (χ0v) is 21.5. The van der Waals surface area contributed by atoms with E-state index in [4.69, 9.17) is 5.73 Å². The number of nitrogens with one attached hydrogen (secondary N) is 1. The third kappa shape index (κ3) is 6.88. The molecular formula is C28H29F3N6O. The van der Waals surface area contributed by atoms with Crippen LogP contribution in [0.25, 0.3) is 0 Å². The lowest BCUT2D eigenvalue weighted by Gasteiger charge is -2.32. The molecule has 1 aromatic heterocycles. The average molecular weight is 523 g/mol. The number of hydrogen-bond acceptors (Lipinski definition) is 6. The molecule has 198 valence electrons. The van der Waals surface area contributed by atoms with Crippen LogP contribution >= 0.6 is 0 Å². The van der Waals surface area contributed by atoms with E-state index in [-0.39, 0.29) is 17.2 Å². The summed E-state index contributed by atoms with van der Waals surface area (Å²) in [5.74, 6) is 5.65. The Morgan fingerprint density at radius 2 is 1.76 bits per heavy atom. The Morgan fingerprint density at radius 3 is 2.45 bits per heavy atom. The Bertz CT molecular complexity index is 1400. The first-order chi connectivity index (χ1) is 18.0. The Labute approximate surface area is 219 Å². The molecule has 4 rings (SSSR count). The normalized spacial score (nSPS) is 14.6. The van der Waals surface area contributed by atoms with Gasteiger partial charge in [0.05, 0.1) is 16.8 Å². The minimum atomic E-state index is -4.53. The zero-order chi connectivity index (χ0) is 27.4. The second-order valence-corrected chi connectivity index (χ2v) is 9.46. The van der Waals surface area contributed by atoms with Crippen LogP contribution in [0.15, 0.2) is 42.6 Å². The number of amides is 1. The molecule has 1 fully saturated rings. The van der Waals surface area contributed by atoms with Crippen LogP contribution in [0.1, 0.15) is 43.9 Å². The molecule has 0 radical (unpaired) electrons. The molecule has 0 bridgehead atoms. The summed E-state index contributed by atoms with van der Waals surface area (Å²) in [4.78, 5) is 25.4. The highest BCUT2D eigenvalue weighted by Crippen LogP contribution is 2.32. The van der Waals surface area contributed by atoms with Gasteiger partial charge >= 0.3 is 6.18 Å². The quantitative estimate of drug-likeness (QED) is 0.502. The molecule has 0 saturated carbocycles. The number of hydrogen-bond donors (Lipinski definition) is 2. The summed E-state index contributed by atoms with van der Waals surface area (Å²) in [6.07, 6.45) is -3.00. The number of carbonyl (C=O) groups excluding carboxylic acids is 1. The van der Waals surface area contributed by atoms with E-state index in [9.17, 15) is 18.0 Å². The van der Waals surface area contributed by atoms with Gasteiger partial charge in [-0.1, -0.05) is 17.9 Å². The predicted molar refractivity (Wildman–Crippen MR) is 141 cm³/mol. The lowest BCUT2D eigenvalue weighted by atomic mass is 10.0. The summed E-state index contributed by atoms with van der Waals surface area (Å²) in [6.45, 7) is 7.24. The molecule has 7 nitrogen and oxygen atoms in total. The predicted octanol–water partition coefficient (Wildman–Crippen LogP) is 4.09. The molecular weight excluding hydrogens is 493 g/mol. The van der Waals surface area contributed by atoms with Gasteiger partial charge in [-0.15, -0.1) is 0 Å². The number of benzene rings is 2. The maximum absolute atomic E-state index is 13.6. The molecule has 3 aromatic rings. The fourth-order valence-electron chi connectivity index (χ4n) is 4.13. The van der Waals surface area contributed by atoms with Gasteiger partial charge in [-0.05, 0) is 62.4 Å². The smallest absolute Gasteiger partial charge is 0.368 e. The molecule has 2 heterocycles. The van der Waals surface area contributed by atoms with Crippen molar-refractivity contribution in [3.05, 3.63) is 81.7 Å². The minimum Gasteiger partial charge on any atom is -0.368 e. The third-order valence-corrected chi connectivity index (χ3v) is 6.41. The monoisotopic (exact) mass is 522 g/mol. The lowest BCUT2D eigenvalue weighted by Crippen LogP contribution is -2.43. The number of aryl methyl sites for hydroxylation is 2. The van der Waals surface area contributed by atoms with Crippen molar-refractivity contribution in [2.24, 2.45) is 0 Å². The van der Waals surface area contributed by atoms with Gasteiger partial charge < -0.3 is 16.0 Å². The van der Waals surface area contributed by atoms with E-state index < -0.39 is 17.6 Å². The average Bonchev–Trinajstić information content (AvgIpc) is 2.85. The van der Waals surface area contributed by atoms with Crippen LogP contribution in [0.2, 0.25) is 0 Å². The fourth-order valence-corrected chi connectivity index (χ4v) is 4.13. The van der Waals surface area contributed by atoms with Gasteiger partial charge in [-0.2, -0.15) is 13.2 Å². The number of rotatable bonds is 4. The van der Waals surface area contributed by atoms with E-state index in [1.54, 1.807) is 31.2 Å². The van der Waals surface area contributed by atoms with Crippen molar-refractivity contribution in [2.45, 2.75) is 26.6 Å². The number of aromatic nitrogens is 2. The molecule has 0 atom stereocenters. The standard InChI is InChI=1S/C28H29F3N6O/c1-18-4-5-22(14-21(18)6-7-23-16-33-27(32)34-19(23)2)26(38)35-25-13-20(12-24(15-25)28(29,30)31)17-37-10-8-36(3)9-11-37/h4-5,12-16H,8-11,17H2,1-3H3,(H,35,38)(H2,32,33,34). The summed E-state index contributed by atoms with van der Waals surface area (Å²) < 4.78 is 40.9. The maximum atomic E-state index is 13.6. The van der Waals surface area contributed by atoms with Crippen LogP contribution in [0.4, 0.5) is 24.8 Å². The van der Waals surface area contributed by atoms with Gasteiger partial charge in [-0.25, -0.2) is 9.97 Å². The van der Waals surface area contributed by atoms with E-state index >= 15 is 0 Å². The third-order valence-electron chi connectivity index (χ3n) is 6.41. The summed E-state index contributed by atoms with van der Waals surface area (Å²) in [5, 5.41) is 2.64. The molecule has 1 aliphatic heterocycles. The highest BCUT2D eigenvalue weighted by atomic mass is 19.4. The van der Waals surface area contributed by atoms with Crippen molar-refractivity contribution in [2.75, 3.05) is 44.3 Å². The second kappa shape index (κ2) is 11.2. The van der Waals surface area contributed by atoms with Crippen molar-refractivity contribution in [3.8, 4) is 11.8 Å². The molecule has 1 aliphatic rings. The SMILES string of the molecule is Cc1ccc(C(=O)Nc2cc(CN3CCN(C)CC3)cc(C(F)(F)F)c2)cc1C#Cc1cnc(N)nc1C. The summed E-state index contributed by atoms with van der Waals surface area (Å²) >= 11 is 0. The Hall–Kier alpha value is -3.94. The number of likely N-dealkylation sites (N-methyl/N-ethyl adjacent to an activating group) is 1.